The minimum atomic E-state index is -0.469. The summed E-state index contributed by atoms with van der Waals surface area (Å²) < 4.78 is 5.34. The number of benzene rings is 1. The lowest BCUT2D eigenvalue weighted by Crippen LogP contribution is -2.27. The number of hydrogen-bond acceptors (Lipinski definition) is 6. The van der Waals surface area contributed by atoms with E-state index in [-0.39, 0.29) is 23.3 Å². The Balaban J connectivity index is 1.96. The van der Waals surface area contributed by atoms with Crippen LogP contribution in [-0.2, 0) is 4.79 Å². The first-order chi connectivity index (χ1) is 11.9. The molecule has 1 aromatic carbocycles. The fourth-order valence-corrected chi connectivity index (χ4v) is 2.47. The van der Waals surface area contributed by atoms with Crippen molar-refractivity contribution in [3.8, 4) is 5.75 Å². The second kappa shape index (κ2) is 8.20. The van der Waals surface area contributed by atoms with Gasteiger partial charge in [0.2, 0.25) is 0 Å². The molecule has 0 unspecified atom stereocenters. The minimum Gasteiger partial charge on any atom is -0.484 e. The number of ketones is 1. The summed E-state index contributed by atoms with van der Waals surface area (Å²) in [6.45, 7) is -0.0723. The molecule has 0 spiro atoms. The maximum absolute atomic E-state index is 12.1. The third-order valence-electron chi connectivity index (χ3n) is 3.21. The van der Waals surface area contributed by atoms with Crippen LogP contribution in [0, 0.1) is 10.1 Å². The maximum atomic E-state index is 12.1. The fourth-order valence-electron chi connectivity index (χ4n) is 1.78. The molecule has 0 saturated heterocycles. The fraction of sp³-hybridized carbons (Fsp3) is 0.176. The van der Waals surface area contributed by atoms with Crippen LogP contribution in [0.4, 0.5) is 5.00 Å². The van der Waals surface area contributed by atoms with Crippen molar-refractivity contribution < 1.29 is 19.2 Å². The molecule has 0 saturated carbocycles. The van der Waals surface area contributed by atoms with Gasteiger partial charge in [0.25, 0.3) is 5.91 Å². The van der Waals surface area contributed by atoms with Gasteiger partial charge in [-0.05, 0) is 42.0 Å². The number of thiophene rings is 1. The highest BCUT2D eigenvalue weighted by atomic mass is 32.1. The summed E-state index contributed by atoms with van der Waals surface area (Å²) in [6, 6.07) is 7.82. The highest BCUT2D eigenvalue weighted by Crippen LogP contribution is 2.23. The van der Waals surface area contributed by atoms with E-state index in [4.69, 9.17) is 4.74 Å². The molecule has 0 aliphatic heterocycles. The Morgan fingerprint density at radius 3 is 2.52 bits per heavy atom. The summed E-state index contributed by atoms with van der Waals surface area (Å²) in [4.78, 5) is 35.1. The van der Waals surface area contributed by atoms with Gasteiger partial charge in [-0.2, -0.15) is 0 Å². The molecule has 0 bridgehead atoms. The number of allylic oxidation sites excluding steroid dienone is 1. The van der Waals surface area contributed by atoms with Crippen LogP contribution in [0.15, 0.2) is 41.8 Å². The van der Waals surface area contributed by atoms with Crippen molar-refractivity contribution in [3.63, 3.8) is 0 Å². The first-order valence-electron chi connectivity index (χ1n) is 7.25. The average Bonchev–Trinajstić information content (AvgIpc) is 3.07. The lowest BCUT2D eigenvalue weighted by Gasteiger charge is -2.11. The van der Waals surface area contributed by atoms with Crippen LogP contribution >= 0.6 is 11.3 Å². The van der Waals surface area contributed by atoms with Gasteiger partial charge >= 0.3 is 5.00 Å². The van der Waals surface area contributed by atoms with E-state index in [1.165, 1.54) is 23.1 Å². The maximum Gasteiger partial charge on any atom is 0.324 e. The minimum absolute atomic E-state index is 0.0286. The van der Waals surface area contributed by atoms with Crippen molar-refractivity contribution in [3.05, 3.63) is 63.0 Å². The second-order valence-corrected chi connectivity index (χ2v) is 6.16. The number of rotatable bonds is 7. The van der Waals surface area contributed by atoms with Crippen LogP contribution in [0.2, 0.25) is 0 Å². The van der Waals surface area contributed by atoms with E-state index < -0.39 is 4.92 Å². The van der Waals surface area contributed by atoms with Gasteiger partial charge in [-0.3, -0.25) is 19.7 Å². The Kier molecular flexibility index (Phi) is 6.02. The van der Waals surface area contributed by atoms with E-state index in [2.05, 4.69) is 0 Å². The summed E-state index contributed by atoms with van der Waals surface area (Å²) in [7, 11) is 3.28. The molecular formula is C17H16N2O5S. The highest BCUT2D eigenvalue weighted by Gasteiger charge is 2.09. The molecule has 1 heterocycles. The molecule has 25 heavy (non-hydrogen) atoms. The van der Waals surface area contributed by atoms with Crippen LogP contribution in [0.5, 0.6) is 5.75 Å². The van der Waals surface area contributed by atoms with Gasteiger partial charge in [0.05, 0.1) is 4.92 Å². The van der Waals surface area contributed by atoms with E-state index >= 15 is 0 Å². The van der Waals surface area contributed by atoms with Crippen molar-refractivity contribution in [2.45, 2.75) is 0 Å². The van der Waals surface area contributed by atoms with Crippen LogP contribution in [0.25, 0.3) is 6.08 Å². The van der Waals surface area contributed by atoms with E-state index in [1.54, 1.807) is 43.7 Å². The largest absolute Gasteiger partial charge is 0.484 e. The zero-order chi connectivity index (χ0) is 18.4. The van der Waals surface area contributed by atoms with Gasteiger partial charge in [-0.25, -0.2) is 0 Å². The molecule has 8 heteroatoms. The first kappa shape index (κ1) is 18.3. The Morgan fingerprint density at radius 1 is 1.28 bits per heavy atom. The summed E-state index contributed by atoms with van der Waals surface area (Å²) in [6.07, 6.45) is 2.89. The molecule has 7 nitrogen and oxygen atoms in total. The smallest absolute Gasteiger partial charge is 0.324 e. The molecule has 0 N–H and O–H groups in total. The van der Waals surface area contributed by atoms with Crippen LogP contribution in [-0.4, -0.2) is 42.2 Å². The van der Waals surface area contributed by atoms with Gasteiger partial charge in [0, 0.05) is 31.1 Å². The average molecular weight is 360 g/mol. The normalized spacial score (nSPS) is 10.6. The number of likely N-dealkylation sites (N-methyl/N-ethyl adjacent to an activating group) is 1. The van der Waals surface area contributed by atoms with Gasteiger partial charge in [-0.1, -0.05) is 11.3 Å². The molecule has 0 aliphatic carbocycles. The molecule has 0 atom stereocenters. The molecule has 2 rings (SSSR count). The monoisotopic (exact) mass is 360 g/mol. The number of nitro groups is 1. The van der Waals surface area contributed by atoms with Gasteiger partial charge < -0.3 is 9.64 Å². The number of nitrogens with zero attached hydrogens (tertiary/aromatic N) is 2. The molecule has 1 amide bonds. The lowest BCUT2D eigenvalue weighted by atomic mass is 10.1. The van der Waals surface area contributed by atoms with Crippen LogP contribution in [0.1, 0.15) is 15.9 Å². The SMILES string of the molecule is CN(C)C(=O)COc1ccc(C(=O)C=Cc2csc([N+](=O)[O-])c2)cc1. The molecule has 0 radical (unpaired) electrons. The Morgan fingerprint density at radius 2 is 1.96 bits per heavy atom. The molecule has 0 aliphatic rings. The summed E-state index contributed by atoms with van der Waals surface area (Å²) in [5, 5.41) is 12.3. The van der Waals surface area contributed by atoms with Crippen molar-refractivity contribution >= 4 is 34.1 Å². The zero-order valence-electron chi connectivity index (χ0n) is 13.7. The Hall–Kier alpha value is -3.00. The number of carbonyl (C=O) groups is 2. The van der Waals surface area contributed by atoms with Crippen molar-refractivity contribution in [1.82, 2.24) is 4.90 Å². The third-order valence-corrected chi connectivity index (χ3v) is 4.11. The lowest BCUT2D eigenvalue weighted by molar-refractivity contribution is -0.380. The number of hydrogen-bond donors (Lipinski definition) is 0. The number of carbonyl (C=O) groups excluding carboxylic acids is 2. The van der Waals surface area contributed by atoms with Crippen molar-refractivity contribution in [2.75, 3.05) is 20.7 Å². The van der Waals surface area contributed by atoms with Crippen LogP contribution in [0.3, 0.4) is 0 Å². The number of amides is 1. The summed E-state index contributed by atoms with van der Waals surface area (Å²) in [5.41, 5.74) is 1.06. The molecular weight excluding hydrogens is 344 g/mol. The molecule has 0 fully saturated rings. The van der Waals surface area contributed by atoms with E-state index in [9.17, 15) is 19.7 Å². The van der Waals surface area contributed by atoms with Gasteiger partial charge in [-0.15, -0.1) is 0 Å². The predicted octanol–water partition coefficient (Wildman–Crippen LogP) is 3.02. The van der Waals surface area contributed by atoms with Gasteiger partial charge in [0.15, 0.2) is 12.4 Å². The second-order valence-electron chi connectivity index (χ2n) is 5.27. The van der Waals surface area contributed by atoms with Crippen molar-refractivity contribution in [2.24, 2.45) is 0 Å². The van der Waals surface area contributed by atoms with E-state index in [0.717, 1.165) is 11.3 Å². The quantitative estimate of drug-likeness (QED) is 0.328. The first-order valence-corrected chi connectivity index (χ1v) is 8.13. The Bertz CT molecular complexity index is 809. The zero-order valence-corrected chi connectivity index (χ0v) is 14.5. The standard InChI is InChI=1S/C17H16N2O5S/c1-18(2)16(21)10-24-14-6-4-13(5-7-14)15(20)8-3-12-9-17(19(22)23)25-11-12/h3-9,11H,10H2,1-2H3. The summed E-state index contributed by atoms with van der Waals surface area (Å²) >= 11 is 1.01. The molecule has 2 aromatic rings. The van der Waals surface area contributed by atoms with Crippen molar-refractivity contribution in [1.29, 1.82) is 0 Å². The van der Waals surface area contributed by atoms with Gasteiger partial charge in [0.1, 0.15) is 5.75 Å². The highest BCUT2D eigenvalue weighted by molar-refractivity contribution is 7.13. The van der Waals surface area contributed by atoms with Crippen LogP contribution < -0.4 is 4.74 Å². The predicted molar refractivity (Wildman–Crippen MR) is 95.0 cm³/mol. The summed E-state index contributed by atoms with van der Waals surface area (Å²) in [5.74, 6) is 0.0990. The molecule has 130 valence electrons. The Labute approximate surface area is 148 Å². The van der Waals surface area contributed by atoms with E-state index in [1.807, 2.05) is 0 Å². The van der Waals surface area contributed by atoms with E-state index in [0.29, 0.717) is 16.9 Å². The topological polar surface area (TPSA) is 89.8 Å². The molecule has 1 aromatic heterocycles. The third kappa shape index (κ3) is 5.25. The number of ether oxygens (including phenoxy) is 1.